The molecule has 4 heteroatoms. The maximum absolute atomic E-state index is 10.4. The molecule has 1 saturated carbocycles. The third-order valence-electron chi connectivity index (χ3n) is 4.90. The number of rotatable bonds is 3. The van der Waals surface area contributed by atoms with E-state index in [2.05, 4.69) is 5.32 Å². The van der Waals surface area contributed by atoms with Crippen molar-refractivity contribution in [2.45, 2.75) is 62.2 Å². The van der Waals surface area contributed by atoms with Gasteiger partial charge in [-0.15, -0.1) is 0 Å². The minimum atomic E-state index is -0.552. The van der Waals surface area contributed by atoms with Gasteiger partial charge in [-0.3, -0.25) is 0 Å². The Hall–Kier alpha value is -0.160. The maximum atomic E-state index is 10.4. The summed E-state index contributed by atoms with van der Waals surface area (Å²) in [5, 5.41) is 14.0. The molecular weight excluding hydrogens is 230 g/mol. The molecule has 1 aliphatic carbocycles. The van der Waals surface area contributed by atoms with Crippen LogP contribution in [-0.4, -0.2) is 48.7 Å². The van der Waals surface area contributed by atoms with E-state index in [1.807, 2.05) is 0 Å². The van der Waals surface area contributed by atoms with Crippen LogP contribution in [0, 0.1) is 0 Å². The number of hydrogen-bond donors (Lipinski definition) is 2. The summed E-state index contributed by atoms with van der Waals surface area (Å²) in [6, 6.07) is 0.519. The van der Waals surface area contributed by atoms with Crippen LogP contribution in [0.3, 0.4) is 0 Å². The van der Waals surface area contributed by atoms with Crippen molar-refractivity contribution in [2.75, 3.05) is 26.4 Å². The van der Waals surface area contributed by atoms with Crippen molar-refractivity contribution >= 4 is 0 Å². The van der Waals surface area contributed by atoms with E-state index in [9.17, 15) is 5.11 Å². The molecule has 0 radical (unpaired) electrons. The third-order valence-corrected chi connectivity index (χ3v) is 4.90. The Morgan fingerprint density at radius 1 is 1.11 bits per heavy atom. The first-order valence-electron chi connectivity index (χ1n) is 7.37. The summed E-state index contributed by atoms with van der Waals surface area (Å²) >= 11 is 0. The predicted octanol–water partition coefficient (Wildman–Crippen LogP) is 1.22. The molecule has 18 heavy (non-hydrogen) atoms. The second-order valence-electron chi connectivity index (χ2n) is 6.29. The molecule has 104 valence electrons. The molecule has 0 bridgehead atoms. The SMILES string of the molecule is OC1(CNC2CCOC3(CCC3)C2)CCOCC1. The van der Waals surface area contributed by atoms with Crippen molar-refractivity contribution in [1.82, 2.24) is 5.32 Å². The second-order valence-corrected chi connectivity index (χ2v) is 6.29. The average Bonchev–Trinajstić information content (AvgIpc) is 2.36. The van der Waals surface area contributed by atoms with E-state index in [1.54, 1.807) is 0 Å². The minimum Gasteiger partial charge on any atom is -0.388 e. The van der Waals surface area contributed by atoms with Gasteiger partial charge in [-0.05, 0) is 32.1 Å². The summed E-state index contributed by atoms with van der Waals surface area (Å²) in [4.78, 5) is 0. The highest BCUT2D eigenvalue weighted by atomic mass is 16.5. The van der Waals surface area contributed by atoms with Gasteiger partial charge in [0.15, 0.2) is 0 Å². The Labute approximate surface area is 109 Å². The lowest BCUT2D eigenvalue weighted by molar-refractivity contribution is -0.138. The summed E-state index contributed by atoms with van der Waals surface area (Å²) in [5.41, 5.74) is -0.364. The van der Waals surface area contributed by atoms with Gasteiger partial charge in [0.05, 0.1) is 11.2 Å². The van der Waals surface area contributed by atoms with Crippen molar-refractivity contribution in [1.29, 1.82) is 0 Å². The fraction of sp³-hybridized carbons (Fsp3) is 1.00. The molecule has 1 atom stereocenters. The molecule has 2 saturated heterocycles. The van der Waals surface area contributed by atoms with E-state index in [4.69, 9.17) is 9.47 Å². The highest BCUT2D eigenvalue weighted by Gasteiger charge is 2.43. The van der Waals surface area contributed by atoms with Gasteiger partial charge in [0, 0.05) is 45.2 Å². The van der Waals surface area contributed by atoms with Crippen LogP contribution in [0.25, 0.3) is 0 Å². The van der Waals surface area contributed by atoms with Crippen molar-refractivity contribution < 1.29 is 14.6 Å². The molecular formula is C14H25NO3. The number of aliphatic hydroxyl groups is 1. The Kier molecular flexibility index (Phi) is 3.63. The molecule has 1 unspecified atom stereocenters. The van der Waals surface area contributed by atoms with Gasteiger partial charge in [-0.25, -0.2) is 0 Å². The van der Waals surface area contributed by atoms with Crippen molar-refractivity contribution in [3.8, 4) is 0 Å². The van der Waals surface area contributed by atoms with Crippen molar-refractivity contribution in [3.05, 3.63) is 0 Å². The molecule has 3 fully saturated rings. The zero-order chi connectivity index (χ0) is 12.5. The fourth-order valence-corrected chi connectivity index (χ4v) is 3.38. The van der Waals surface area contributed by atoms with Crippen LogP contribution < -0.4 is 5.32 Å². The first-order chi connectivity index (χ1) is 8.70. The van der Waals surface area contributed by atoms with Crippen LogP contribution in [0.2, 0.25) is 0 Å². The standard InChI is InChI=1S/C14H25NO3/c16-13(5-8-17-9-6-13)11-15-12-2-7-18-14(10-12)3-1-4-14/h12,15-16H,1-11H2. The van der Waals surface area contributed by atoms with Gasteiger partial charge < -0.3 is 19.9 Å². The van der Waals surface area contributed by atoms with Gasteiger partial charge >= 0.3 is 0 Å². The lowest BCUT2D eigenvalue weighted by Crippen LogP contribution is -2.54. The predicted molar refractivity (Wildman–Crippen MR) is 68.6 cm³/mol. The smallest absolute Gasteiger partial charge is 0.0815 e. The lowest BCUT2D eigenvalue weighted by Gasteiger charge is -2.48. The van der Waals surface area contributed by atoms with Crippen LogP contribution in [0.4, 0.5) is 0 Å². The Balaban J connectivity index is 1.47. The van der Waals surface area contributed by atoms with Crippen LogP contribution in [0.1, 0.15) is 44.9 Å². The van der Waals surface area contributed by atoms with Gasteiger partial charge in [-0.2, -0.15) is 0 Å². The number of ether oxygens (including phenoxy) is 2. The summed E-state index contributed by atoms with van der Waals surface area (Å²) in [7, 11) is 0. The quantitative estimate of drug-likeness (QED) is 0.796. The van der Waals surface area contributed by atoms with Gasteiger partial charge in [0.25, 0.3) is 0 Å². The lowest BCUT2D eigenvalue weighted by atomic mass is 9.74. The summed E-state index contributed by atoms with van der Waals surface area (Å²) in [6.45, 7) is 2.96. The monoisotopic (exact) mass is 255 g/mol. The van der Waals surface area contributed by atoms with Gasteiger partial charge in [0.2, 0.25) is 0 Å². The number of hydrogen-bond acceptors (Lipinski definition) is 4. The molecule has 0 amide bonds. The maximum Gasteiger partial charge on any atom is 0.0815 e. The fourth-order valence-electron chi connectivity index (χ4n) is 3.38. The molecule has 0 aromatic rings. The molecule has 4 nitrogen and oxygen atoms in total. The molecule has 0 aromatic carbocycles. The van der Waals surface area contributed by atoms with Crippen LogP contribution >= 0.6 is 0 Å². The summed E-state index contributed by atoms with van der Waals surface area (Å²) in [6.07, 6.45) is 7.48. The molecule has 2 aliphatic heterocycles. The Morgan fingerprint density at radius 3 is 2.56 bits per heavy atom. The zero-order valence-electron chi connectivity index (χ0n) is 11.1. The molecule has 3 rings (SSSR count). The second kappa shape index (κ2) is 5.08. The van der Waals surface area contributed by atoms with Crippen LogP contribution in [-0.2, 0) is 9.47 Å². The molecule has 2 heterocycles. The van der Waals surface area contributed by atoms with Crippen LogP contribution in [0.15, 0.2) is 0 Å². The molecule has 1 spiro atoms. The Morgan fingerprint density at radius 2 is 1.89 bits per heavy atom. The highest BCUT2D eigenvalue weighted by molar-refractivity contribution is 4.97. The zero-order valence-corrected chi connectivity index (χ0v) is 11.1. The van der Waals surface area contributed by atoms with E-state index in [0.29, 0.717) is 25.8 Å². The largest absolute Gasteiger partial charge is 0.388 e. The summed E-state index contributed by atoms with van der Waals surface area (Å²) in [5.74, 6) is 0. The average molecular weight is 255 g/mol. The molecule has 2 N–H and O–H groups in total. The van der Waals surface area contributed by atoms with E-state index in [1.165, 1.54) is 19.3 Å². The van der Waals surface area contributed by atoms with Gasteiger partial charge in [-0.1, -0.05) is 0 Å². The third kappa shape index (κ3) is 2.72. The first-order valence-corrected chi connectivity index (χ1v) is 7.37. The molecule has 3 aliphatic rings. The minimum absolute atomic E-state index is 0.189. The van der Waals surface area contributed by atoms with E-state index < -0.39 is 5.60 Å². The van der Waals surface area contributed by atoms with E-state index in [0.717, 1.165) is 32.3 Å². The molecule has 0 aromatic heterocycles. The number of nitrogens with one attached hydrogen (secondary N) is 1. The topological polar surface area (TPSA) is 50.7 Å². The highest BCUT2D eigenvalue weighted by Crippen LogP contribution is 2.42. The van der Waals surface area contributed by atoms with Crippen LogP contribution in [0.5, 0.6) is 0 Å². The Bertz CT molecular complexity index is 285. The van der Waals surface area contributed by atoms with Gasteiger partial charge in [0.1, 0.15) is 0 Å². The van der Waals surface area contributed by atoms with Crippen molar-refractivity contribution in [2.24, 2.45) is 0 Å². The van der Waals surface area contributed by atoms with Crippen molar-refractivity contribution in [3.63, 3.8) is 0 Å². The summed E-state index contributed by atoms with van der Waals surface area (Å²) < 4.78 is 11.2. The normalized spacial score (nSPS) is 34.2. The van der Waals surface area contributed by atoms with E-state index >= 15 is 0 Å². The first kappa shape index (κ1) is 12.9. The van der Waals surface area contributed by atoms with E-state index in [-0.39, 0.29) is 5.60 Å².